The SMILES string of the molecule is CCC(C)(C)C(=O)OC1(c2ccc3c(c2)Cc2ccccc2-3)CCCC1. The number of hydrogen-bond donors (Lipinski definition) is 0. The normalized spacial score (nSPS) is 17.7. The third-order valence-electron chi connectivity index (χ3n) is 6.46. The Morgan fingerprint density at radius 2 is 1.73 bits per heavy atom. The van der Waals surface area contributed by atoms with Crippen molar-refractivity contribution in [2.45, 2.75) is 64.9 Å². The van der Waals surface area contributed by atoms with E-state index in [1.165, 1.54) is 27.8 Å². The van der Waals surface area contributed by atoms with Crippen LogP contribution < -0.4 is 0 Å². The molecule has 0 atom stereocenters. The van der Waals surface area contributed by atoms with Crippen LogP contribution in [-0.2, 0) is 21.6 Å². The first-order valence-electron chi connectivity index (χ1n) is 9.90. The molecule has 0 spiro atoms. The second-order valence-electron chi connectivity index (χ2n) is 8.53. The first kappa shape index (κ1) is 17.3. The van der Waals surface area contributed by atoms with E-state index in [4.69, 9.17) is 4.74 Å². The van der Waals surface area contributed by atoms with Gasteiger partial charge in [-0.25, -0.2) is 0 Å². The van der Waals surface area contributed by atoms with E-state index in [-0.39, 0.29) is 5.97 Å². The highest BCUT2D eigenvalue weighted by molar-refractivity contribution is 5.78. The summed E-state index contributed by atoms with van der Waals surface area (Å²) in [6, 6.07) is 15.4. The Morgan fingerprint density at radius 1 is 1.04 bits per heavy atom. The van der Waals surface area contributed by atoms with Gasteiger partial charge < -0.3 is 4.74 Å². The number of ether oxygens (including phenoxy) is 1. The fourth-order valence-corrected chi connectivity index (χ4v) is 4.28. The molecule has 136 valence electrons. The number of benzene rings is 2. The van der Waals surface area contributed by atoms with E-state index in [2.05, 4.69) is 49.4 Å². The quantitative estimate of drug-likeness (QED) is 0.540. The molecule has 2 nitrogen and oxygen atoms in total. The van der Waals surface area contributed by atoms with Crippen LogP contribution in [-0.4, -0.2) is 5.97 Å². The van der Waals surface area contributed by atoms with Crippen molar-refractivity contribution < 1.29 is 9.53 Å². The third kappa shape index (κ3) is 2.76. The molecule has 2 aliphatic rings. The van der Waals surface area contributed by atoms with Crippen LogP contribution in [0.5, 0.6) is 0 Å². The highest BCUT2D eigenvalue weighted by Crippen LogP contribution is 2.46. The molecule has 0 saturated heterocycles. The zero-order chi connectivity index (χ0) is 18.4. The molecule has 0 radical (unpaired) electrons. The molecular weight excluding hydrogens is 320 g/mol. The molecule has 0 N–H and O–H groups in total. The molecule has 2 heteroatoms. The monoisotopic (exact) mass is 348 g/mol. The van der Waals surface area contributed by atoms with Gasteiger partial charge in [0.1, 0.15) is 5.60 Å². The van der Waals surface area contributed by atoms with Gasteiger partial charge in [0.2, 0.25) is 0 Å². The molecule has 26 heavy (non-hydrogen) atoms. The Morgan fingerprint density at radius 3 is 2.46 bits per heavy atom. The van der Waals surface area contributed by atoms with E-state index in [9.17, 15) is 4.79 Å². The minimum atomic E-state index is -0.437. The standard InChI is InChI=1S/C24H28O2/c1-4-23(2,3)22(25)26-24(13-7-8-14-24)19-11-12-21-18(16-19)15-17-9-5-6-10-20(17)21/h5-6,9-12,16H,4,7-8,13-15H2,1-3H3. The number of esters is 1. The van der Waals surface area contributed by atoms with Crippen LogP contribution in [0.2, 0.25) is 0 Å². The molecule has 0 bridgehead atoms. The molecule has 0 aromatic heterocycles. The molecule has 0 aliphatic heterocycles. The fourth-order valence-electron chi connectivity index (χ4n) is 4.28. The van der Waals surface area contributed by atoms with Crippen LogP contribution in [0.15, 0.2) is 42.5 Å². The zero-order valence-corrected chi connectivity index (χ0v) is 16.1. The van der Waals surface area contributed by atoms with Gasteiger partial charge in [-0.15, -0.1) is 0 Å². The summed E-state index contributed by atoms with van der Waals surface area (Å²) >= 11 is 0. The number of hydrogen-bond acceptors (Lipinski definition) is 2. The van der Waals surface area contributed by atoms with Crippen LogP contribution in [0.4, 0.5) is 0 Å². The van der Waals surface area contributed by atoms with Gasteiger partial charge in [0, 0.05) is 0 Å². The second-order valence-corrected chi connectivity index (χ2v) is 8.53. The van der Waals surface area contributed by atoms with E-state index in [1.807, 2.05) is 13.8 Å². The number of carbonyl (C=O) groups is 1. The fraction of sp³-hybridized carbons (Fsp3) is 0.458. The van der Waals surface area contributed by atoms with Crippen molar-refractivity contribution in [3.05, 3.63) is 59.2 Å². The van der Waals surface area contributed by atoms with Gasteiger partial charge in [0.25, 0.3) is 0 Å². The first-order chi connectivity index (χ1) is 12.5. The predicted molar refractivity (Wildman–Crippen MR) is 105 cm³/mol. The molecule has 0 amide bonds. The summed E-state index contributed by atoms with van der Waals surface area (Å²) in [6.07, 6.45) is 5.88. The molecule has 2 aliphatic carbocycles. The van der Waals surface area contributed by atoms with Gasteiger partial charge in [-0.1, -0.05) is 49.4 Å². The maximum absolute atomic E-state index is 12.8. The van der Waals surface area contributed by atoms with Gasteiger partial charge in [-0.05, 0) is 80.2 Å². The lowest BCUT2D eigenvalue weighted by Gasteiger charge is -2.34. The van der Waals surface area contributed by atoms with Crippen LogP contribution in [0.3, 0.4) is 0 Å². The lowest BCUT2D eigenvalue weighted by molar-refractivity contribution is -0.171. The van der Waals surface area contributed by atoms with Crippen LogP contribution in [0.25, 0.3) is 11.1 Å². The summed E-state index contributed by atoms with van der Waals surface area (Å²) in [6.45, 7) is 6.02. The van der Waals surface area contributed by atoms with E-state index >= 15 is 0 Å². The van der Waals surface area contributed by atoms with Crippen LogP contribution in [0.1, 0.15) is 69.6 Å². The average molecular weight is 348 g/mol. The van der Waals surface area contributed by atoms with Crippen molar-refractivity contribution in [3.8, 4) is 11.1 Å². The van der Waals surface area contributed by atoms with Crippen molar-refractivity contribution in [2.75, 3.05) is 0 Å². The summed E-state index contributed by atoms with van der Waals surface area (Å²) in [7, 11) is 0. The summed E-state index contributed by atoms with van der Waals surface area (Å²) < 4.78 is 6.24. The molecule has 1 saturated carbocycles. The van der Waals surface area contributed by atoms with E-state index in [1.54, 1.807) is 0 Å². The van der Waals surface area contributed by atoms with E-state index in [0.29, 0.717) is 0 Å². The summed E-state index contributed by atoms with van der Waals surface area (Å²) in [4.78, 5) is 12.8. The first-order valence-corrected chi connectivity index (χ1v) is 9.90. The molecule has 0 unspecified atom stereocenters. The number of fused-ring (bicyclic) bond motifs is 3. The molecular formula is C24H28O2. The van der Waals surface area contributed by atoms with Gasteiger partial charge in [-0.2, -0.15) is 0 Å². The van der Waals surface area contributed by atoms with Crippen molar-refractivity contribution in [1.29, 1.82) is 0 Å². The third-order valence-corrected chi connectivity index (χ3v) is 6.46. The minimum Gasteiger partial charge on any atom is -0.454 e. The largest absolute Gasteiger partial charge is 0.454 e. The Bertz CT molecular complexity index is 841. The van der Waals surface area contributed by atoms with Gasteiger partial charge >= 0.3 is 5.97 Å². The van der Waals surface area contributed by atoms with Gasteiger partial charge in [0.05, 0.1) is 5.41 Å². The highest BCUT2D eigenvalue weighted by Gasteiger charge is 2.43. The molecule has 4 rings (SSSR count). The van der Waals surface area contributed by atoms with Crippen LogP contribution in [0, 0.1) is 5.41 Å². The molecule has 0 heterocycles. The van der Waals surface area contributed by atoms with Gasteiger partial charge in [0.15, 0.2) is 0 Å². The predicted octanol–water partition coefficient (Wildman–Crippen LogP) is 6.01. The van der Waals surface area contributed by atoms with Crippen molar-refractivity contribution in [3.63, 3.8) is 0 Å². The lowest BCUT2D eigenvalue weighted by Crippen LogP contribution is -2.36. The zero-order valence-electron chi connectivity index (χ0n) is 16.1. The van der Waals surface area contributed by atoms with Gasteiger partial charge in [-0.3, -0.25) is 4.79 Å². The average Bonchev–Trinajstić information content (AvgIpc) is 3.26. The van der Waals surface area contributed by atoms with Crippen molar-refractivity contribution in [1.82, 2.24) is 0 Å². The topological polar surface area (TPSA) is 26.3 Å². The minimum absolute atomic E-state index is 0.0642. The number of carbonyl (C=O) groups excluding carboxylic acids is 1. The Hall–Kier alpha value is -2.09. The number of rotatable bonds is 4. The van der Waals surface area contributed by atoms with Crippen molar-refractivity contribution in [2.24, 2.45) is 5.41 Å². The molecule has 2 aromatic rings. The smallest absolute Gasteiger partial charge is 0.312 e. The highest BCUT2D eigenvalue weighted by atomic mass is 16.6. The maximum Gasteiger partial charge on any atom is 0.312 e. The summed E-state index contributed by atoms with van der Waals surface area (Å²) in [5, 5.41) is 0. The second kappa shape index (κ2) is 6.26. The Balaban J connectivity index is 1.69. The Kier molecular flexibility index (Phi) is 4.17. The maximum atomic E-state index is 12.8. The lowest BCUT2D eigenvalue weighted by atomic mass is 9.87. The Labute approximate surface area is 156 Å². The van der Waals surface area contributed by atoms with E-state index in [0.717, 1.165) is 38.5 Å². The molecule has 1 fully saturated rings. The molecule has 2 aromatic carbocycles. The summed E-state index contributed by atoms with van der Waals surface area (Å²) in [5.41, 5.74) is 5.75. The van der Waals surface area contributed by atoms with Crippen molar-refractivity contribution >= 4 is 5.97 Å². The van der Waals surface area contributed by atoms with E-state index < -0.39 is 11.0 Å². The van der Waals surface area contributed by atoms with Crippen LogP contribution >= 0.6 is 0 Å². The summed E-state index contributed by atoms with van der Waals surface area (Å²) in [5.74, 6) is -0.0642.